The molecule has 1 saturated heterocycles. The Morgan fingerprint density at radius 3 is 2.81 bits per heavy atom. The van der Waals surface area contributed by atoms with Crippen molar-refractivity contribution in [2.45, 2.75) is 58.2 Å². The number of carbonyl (C=O) groups is 1. The van der Waals surface area contributed by atoms with Crippen LogP contribution in [0.15, 0.2) is 0 Å². The van der Waals surface area contributed by atoms with Gasteiger partial charge in [-0.3, -0.25) is 4.79 Å². The van der Waals surface area contributed by atoms with Gasteiger partial charge in [0.05, 0.1) is 6.10 Å². The number of aliphatic hydroxyl groups is 1. The molecule has 0 aromatic rings. The molecule has 0 aliphatic carbocycles. The van der Waals surface area contributed by atoms with Crippen molar-refractivity contribution in [2.75, 3.05) is 6.54 Å². The SMILES string of the molecule is CC(O)CC(C)NC(=O)C1CCNC(C)C1. The second-order valence-corrected chi connectivity index (χ2v) is 5.07. The Morgan fingerprint density at radius 2 is 2.25 bits per heavy atom. The van der Waals surface area contributed by atoms with E-state index in [9.17, 15) is 9.90 Å². The number of aliphatic hydroxyl groups excluding tert-OH is 1. The highest BCUT2D eigenvalue weighted by atomic mass is 16.3. The van der Waals surface area contributed by atoms with Gasteiger partial charge in [0, 0.05) is 18.0 Å². The molecule has 1 heterocycles. The fraction of sp³-hybridized carbons (Fsp3) is 0.917. The molecule has 0 bridgehead atoms. The lowest BCUT2D eigenvalue weighted by molar-refractivity contribution is -0.126. The van der Waals surface area contributed by atoms with Gasteiger partial charge in [0.15, 0.2) is 0 Å². The Labute approximate surface area is 97.8 Å². The van der Waals surface area contributed by atoms with Crippen molar-refractivity contribution >= 4 is 5.91 Å². The minimum absolute atomic E-state index is 0.0534. The molecule has 4 heteroatoms. The molecule has 4 unspecified atom stereocenters. The van der Waals surface area contributed by atoms with E-state index in [4.69, 9.17) is 0 Å². The summed E-state index contributed by atoms with van der Waals surface area (Å²) < 4.78 is 0. The predicted octanol–water partition coefficient (Wildman–Crippen LogP) is 0.650. The van der Waals surface area contributed by atoms with Crippen molar-refractivity contribution in [3.8, 4) is 0 Å². The van der Waals surface area contributed by atoms with Crippen molar-refractivity contribution in [1.82, 2.24) is 10.6 Å². The molecule has 4 atom stereocenters. The second kappa shape index (κ2) is 6.21. The summed E-state index contributed by atoms with van der Waals surface area (Å²) in [6.07, 6.45) is 2.08. The van der Waals surface area contributed by atoms with Gasteiger partial charge in [-0.25, -0.2) is 0 Å². The summed E-state index contributed by atoms with van der Waals surface area (Å²) in [5, 5.41) is 15.5. The van der Waals surface area contributed by atoms with Gasteiger partial charge < -0.3 is 15.7 Å². The van der Waals surface area contributed by atoms with Gasteiger partial charge in [-0.05, 0) is 46.6 Å². The predicted molar refractivity (Wildman–Crippen MR) is 64.1 cm³/mol. The third kappa shape index (κ3) is 4.49. The van der Waals surface area contributed by atoms with Crippen LogP contribution in [0.5, 0.6) is 0 Å². The Kier molecular flexibility index (Phi) is 5.22. The first-order valence-electron chi connectivity index (χ1n) is 6.21. The Balaban J connectivity index is 2.33. The molecule has 0 saturated carbocycles. The minimum Gasteiger partial charge on any atom is -0.393 e. The highest BCUT2D eigenvalue weighted by Crippen LogP contribution is 2.16. The normalized spacial score (nSPS) is 29.5. The lowest BCUT2D eigenvalue weighted by Gasteiger charge is -2.28. The van der Waals surface area contributed by atoms with Crippen molar-refractivity contribution in [3.05, 3.63) is 0 Å². The van der Waals surface area contributed by atoms with Crippen molar-refractivity contribution in [2.24, 2.45) is 5.92 Å². The number of nitrogens with one attached hydrogen (secondary N) is 2. The summed E-state index contributed by atoms with van der Waals surface area (Å²) in [6, 6.07) is 0.481. The lowest BCUT2D eigenvalue weighted by atomic mass is 9.92. The number of carbonyl (C=O) groups excluding carboxylic acids is 1. The third-order valence-electron chi connectivity index (χ3n) is 3.08. The van der Waals surface area contributed by atoms with Gasteiger partial charge in [0.25, 0.3) is 0 Å². The van der Waals surface area contributed by atoms with E-state index in [0.29, 0.717) is 12.5 Å². The van der Waals surface area contributed by atoms with E-state index in [2.05, 4.69) is 17.6 Å². The fourth-order valence-corrected chi connectivity index (χ4v) is 2.30. The number of hydrogen-bond acceptors (Lipinski definition) is 3. The van der Waals surface area contributed by atoms with E-state index in [1.165, 1.54) is 0 Å². The standard InChI is InChI=1S/C12H24N2O2/c1-8-7-11(4-5-13-8)12(16)14-9(2)6-10(3)15/h8-11,13,15H,4-7H2,1-3H3,(H,14,16). The monoisotopic (exact) mass is 228 g/mol. The smallest absolute Gasteiger partial charge is 0.223 e. The number of rotatable bonds is 4. The quantitative estimate of drug-likeness (QED) is 0.662. The Hall–Kier alpha value is -0.610. The van der Waals surface area contributed by atoms with Crippen LogP contribution in [0.2, 0.25) is 0 Å². The molecule has 1 aliphatic rings. The summed E-state index contributed by atoms with van der Waals surface area (Å²) in [4.78, 5) is 11.9. The molecule has 4 nitrogen and oxygen atoms in total. The van der Waals surface area contributed by atoms with Gasteiger partial charge in [-0.1, -0.05) is 0 Å². The van der Waals surface area contributed by atoms with Crippen molar-refractivity contribution in [1.29, 1.82) is 0 Å². The van der Waals surface area contributed by atoms with E-state index < -0.39 is 0 Å². The summed E-state index contributed by atoms with van der Waals surface area (Å²) in [6.45, 7) is 6.72. The van der Waals surface area contributed by atoms with Gasteiger partial charge in [0.1, 0.15) is 0 Å². The Morgan fingerprint density at radius 1 is 1.56 bits per heavy atom. The van der Waals surface area contributed by atoms with Crippen LogP contribution in [0.4, 0.5) is 0 Å². The second-order valence-electron chi connectivity index (χ2n) is 5.07. The first-order valence-corrected chi connectivity index (χ1v) is 6.21. The molecule has 0 spiro atoms. The highest BCUT2D eigenvalue weighted by Gasteiger charge is 2.25. The summed E-state index contributed by atoms with van der Waals surface area (Å²) in [5.74, 6) is 0.272. The maximum atomic E-state index is 11.9. The molecule has 16 heavy (non-hydrogen) atoms. The molecule has 3 N–H and O–H groups in total. The lowest BCUT2D eigenvalue weighted by Crippen LogP contribution is -2.45. The number of hydrogen-bond donors (Lipinski definition) is 3. The minimum atomic E-state index is -0.359. The average molecular weight is 228 g/mol. The van der Waals surface area contributed by atoms with Gasteiger partial charge >= 0.3 is 0 Å². The first-order chi connectivity index (χ1) is 7.49. The molecule has 1 amide bonds. The van der Waals surface area contributed by atoms with Crippen LogP contribution < -0.4 is 10.6 Å². The van der Waals surface area contributed by atoms with Gasteiger partial charge in [-0.15, -0.1) is 0 Å². The molecule has 0 aromatic heterocycles. The topological polar surface area (TPSA) is 61.4 Å². The van der Waals surface area contributed by atoms with Crippen molar-refractivity contribution in [3.63, 3.8) is 0 Å². The molecule has 1 rings (SSSR count). The maximum Gasteiger partial charge on any atom is 0.223 e. The molecule has 1 aliphatic heterocycles. The maximum absolute atomic E-state index is 11.9. The van der Waals surface area contributed by atoms with Crippen LogP contribution in [0.25, 0.3) is 0 Å². The molecular weight excluding hydrogens is 204 g/mol. The largest absolute Gasteiger partial charge is 0.393 e. The van der Waals surface area contributed by atoms with Crippen LogP contribution >= 0.6 is 0 Å². The van der Waals surface area contributed by atoms with Crippen LogP contribution in [-0.2, 0) is 4.79 Å². The zero-order valence-electron chi connectivity index (χ0n) is 10.5. The van der Waals surface area contributed by atoms with E-state index in [0.717, 1.165) is 19.4 Å². The van der Waals surface area contributed by atoms with E-state index in [1.807, 2.05) is 6.92 Å². The molecule has 94 valence electrons. The Bertz CT molecular complexity index is 231. The fourth-order valence-electron chi connectivity index (χ4n) is 2.30. The van der Waals surface area contributed by atoms with Crippen LogP contribution in [0.1, 0.15) is 40.0 Å². The zero-order valence-corrected chi connectivity index (χ0v) is 10.5. The van der Waals surface area contributed by atoms with Crippen LogP contribution in [-0.4, -0.2) is 35.7 Å². The molecule has 0 radical (unpaired) electrons. The third-order valence-corrected chi connectivity index (χ3v) is 3.08. The zero-order chi connectivity index (χ0) is 12.1. The summed E-state index contributed by atoms with van der Waals surface area (Å²) in [7, 11) is 0. The molecule has 0 aromatic carbocycles. The van der Waals surface area contributed by atoms with Gasteiger partial charge in [-0.2, -0.15) is 0 Å². The highest BCUT2D eigenvalue weighted by molar-refractivity contribution is 5.79. The van der Waals surface area contributed by atoms with Crippen LogP contribution in [0, 0.1) is 5.92 Å². The first kappa shape index (κ1) is 13.5. The van der Waals surface area contributed by atoms with Gasteiger partial charge in [0.2, 0.25) is 5.91 Å². The van der Waals surface area contributed by atoms with Crippen LogP contribution in [0.3, 0.4) is 0 Å². The van der Waals surface area contributed by atoms with Crippen molar-refractivity contribution < 1.29 is 9.90 Å². The van der Waals surface area contributed by atoms with E-state index >= 15 is 0 Å². The number of amides is 1. The van der Waals surface area contributed by atoms with E-state index in [1.54, 1.807) is 6.92 Å². The number of piperidine rings is 1. The summed E-state index contributed by atoms with van der Waals surface area (Å²) >= 11 is 0. The summed E-state index contributed by atoms with van der Waals surface area (Å²) in [5.41, 5.74) is 0. The molecular formula is C12H24N2O2. The molecule has 1 fully saturated rings. The van der Waals surface area contributed by atoms with E-state index in [-0.39, 0.29) is 24.0 Å². The average Bonchev–Trinajstić information content (AvgIpc) is 2.16.